The molecule has 2 atom stereocenters. The molecule has 1 aliphatic rings. The summed E-state index contributed by atoms with van der Waals surface area (Å²) in [6, 6.07) is 0. The van der Waals surface area contributed by atoms with Crippen molar-refractivity contribution in [1.29, 1.82) is 0 Å². The van der Waals surface area contributed by atoms with E-state index in [2.05, 4.69) is 6.58 Å². The Balaban J connectivity index is 2.18. The van der Waals surface area contributed by atoms with Gasteiger partial charge >= 0.3 is 0 Å². The van der Waals surface area contributed by atoms with E-state index >= 15 is 0 Å². The minimum absolute atomic E-state index is 0.455. The number of rotatable bonds is 4. The number of halogens is 1. The van der Waals surface area contributed by atoms with Gasteiger partial charge in [-0.3, -0.25) is 0 Å². The van der Waals surface area contributed by atoms with E-state index in [-0.39, 0.29) is 0 Å². The zero-order valence-corrected chi connectivity index (χ0v) is 9.23. The maximum atomic E-state index is 6.21. The van der Waals surface area contributed by atoms with Gasteiger partial charge in [0.05, 0.1) is 0 Å². The van der Waals surface area contributed by atoms with Gasteiger partial charge in [-0.2, -0.15) is 0 Å². The quantitative estimate of drug-likeness (QED) is 0.271. The third-order valence-corrected chi connectivity index (χ3v) is 3.39. The van der Waals surface area contributed by atoms with Crippen LogP contribution in [0.2, 0.25) is 0 Å². The fraction of sp³-hybridized carbons (Fsp3) is 0.833. The summed E-state index contributed by atoms with van der Waals surface area (Å²) in [5, 5.41) is 0.455. The molecule has 1 saturated carbocycles. The third kappa shape index (κ3) is 4.71. The van der Waals surface area contributed by atoms with Crippen molar-refractivity contribution < 1.29 is 0 Å². The molecule has 0 bridgehead atoms. The van der Waals surface area contributed by atoms with E-state index in [1.807, 2.05) is 6.08 Å². The van der Waals surface area contributed by atoms with Crippen molar-refractivity contribution in [2.75, 3.05) is 0 Å². The van der Waals surface area contributed by atoms with Crippen LogP contribution in [-0.4, -0.2) is 5.38 Å². The van der Waals surface area contributed by atoms with E-state index in [9.17, 15) is 0 Å². The Labute approximate surface area is 87.4 Å². The summed E-state index contributed by atoms with van der Waals surface area (Å²) < 4.78 is 0. The lowest BCUT2D eigenvalue weighted by atomic mass is 9.94. The van der Waals surface area contributed by atoms with Crippen LogP contribution in [0, 0.1) is 5.92 Å². The summed E-state index contributed by atoms with van der Waals surface area (Å²) in [6.45, 7) is 3.75. The average molecular weight is 201 g/mol. The van der Waals surface area contributed by atoms with Crippen LogP contribution in [0.25, 0.3) is 0 Å². The maximum absolute atomic E-state index is 6.21. The second kappa shape index (κ2) is 6.48. The van der Waals surface area contributed by atoms with E-state index in [0.29, 0.717) is 5.38 Å². The Bertz CT molecular complexity index is 142. The molecule has 0 aromatic rings. The van der Waals surface area contributed by atoms with Crippen LogP contribution in [0.4, 0.5) is 0 Å². The topological polar surface area (TPSA) is 0 Å². The van der Waals surface area contributed by atoms with Crippen LogP contribution in [0.1, 0.15) is 51.4 Å². The van der Waals surface area contributed by atoms with Crippen molar-refractivity contribution in [2.24, 2.45) is 5.92 Å². The molecule has 0 amide bonds. The van der Waals surface area contributed by atoms with Crippen LogP contribution in [0.5, 0.6) is 0 Å². The van der Waals surface area contributed by atoms with Gasteiger partial charge in [-0.15, -0.1) is 18.2 Å². The molecule has 0 saturated heterocycles. The van der Waals surface area contributed by atoms with Gasteiger partial charge < -0.3 is 0 Å². The lowest BCUT2D eigenvalue weighted by Crippen LogP contribution is -2.05. The molecule has 0 aromatic heterocycles. The second-order valence-corrected chi connectivity index (χ2v) is 4.82. The molecule has 0 radical (unpaired) electrons. The molecule has 1 aliphatic carbocycles. The molecule has 0 nitrogen and oxygen atoms in total. The van der Waals surface area contributed by atoms with Gasteiger partial charge in [0.15, 0.2) is 0 Å². The number of hydrogen-bond donors (Lipinski definition) is 0. The lowest BCUT2D eigenvalue weighted by molar-refractivity contribution is 0.419. The lowest BCUT2D eigenvalue weighted by Gasteiger charge is -2.14. The second-order valence-electron chi connectivity index (χ2n) is 4.20. The molecule has 0 spiro atoms. The Morgan fingerprint density at radius 1 is 1.31 bits per heavy atom. The Morgan fingerprint density at radius 2 is 2.08 bits per heavy atom. The molecule has 2 unspecified atom stereocenters. The predicted octanol–water partition coefficient (Wildman–Crippen LogP) is 4.53. The van der Waals surface area contributed by atoms with Crippen LogP contribution in [-0.2, 0) is 0 Å². The molecule has 13 heavy (non-hydrogen) atoms. The van der Waals surface area contributed by atoms with Gasteiger partial charge in [-0.05, 0) is 31.6 Å². The zero-order valence-electron chi connectivity index (χ0n) is 8.47. The fourth-order valence-electron chi connectivity index (χ4n) is 2.21. The highest BCUT2D eigenvalue weighted by molar-refractivity contribution is 6.20. The standard InChI is InChI=1S/C12H21Cl/c1-2-3-4-7-11-8-5-6-9-12(13)10-11/h2,11-12H,1,3-10H2. The Hall–Kier alpha value is 0.0300. The van der Waals surface area contributed by atoms with E-state index in [4.69, 9.17) is 11.6 Å². The Kier molecular flexibility index (Phi) is 5.54. The van der Waals surface area contributed by atoms with Gasteiger partial charge in [-0.1, -0.05) is 31.8 Å². The molecule has 1 rings (SSSR count). The smallest absolute Gasteiger partial charge is 0.0338 e. The first-order valence-electron chi connectivity index (χ1n) is 5.58. The number of hydrogen-bond acceptors (Lipinski definition) is 0. The molecular formula is C12H21Cl. The van der Waals surface area contributed by atoms with Crippen LogP contribution in [0.15, 0.2) is 12.7 Å². The highest BCUT2D eigenvalue weighted by Crippen LogP contribution is 2.29. The largest absolute Gasteiger partial charge is 0.123 e. The van der Waals surface area contributed by atoms with Gasteiger partial charge in [0.1, 0.15) is 0 Å². The van der Waals surface area contributed by atoms with E-state index < -0.39 is 0 Å². The zero-order chi connectivity index (χ0) is 9.52. The first-order valence-corrected chi connectivity index (χ1v) is 6.01. The molecule has 0 heterocycles. The molecule has 0 N–H and O–H groups in total. The molecule has 1 heteroatoms. The van der Waals surface area contributed by atoms with E-state index in [1.165, 1.54) is 51.4 Å². The molecule has 0 aliphatic heterocycles. The van der Waals surface area contributed by atoms with Gasteiger partial charge in [-0.25, -0.2) is 0 Å². The minimum Gasteiger partial charge on any atom is -0.123 e. The van der Waals surface area contributed by atoms with Gasteiger partial charge in [0, 0.05) is 5.38 Å². The van der Waals surface area contributed by atoms with Crippen LogP contribution < -0.4 is 0 Å². The first-order chi connectivity index (χ1) is 6.33. The van der Waals surface area contributed by atoms with Crippen molar-refractivity contribution in [2.45, 2.75) is 56.7 Å². The third-order valence-electron chi connectivity index (χ3n) is 2.99. The van der Waals surface area contributed by atoms with Crippen LogP contribution in [0.3, 0.4) is 0 Å². The van der Waals surface area contributed by atoms with E-state index in [1.54, 1.807) is 0 Å². The Morgan fingerprint density at radius 3 is 2.85 bits per heavy atom. The van der Waals surface area contributed by atoms with E-state index in [0.717, 1.165) is 5.92 Å². The summed E-state index contributed by atoms with van der Waals surface area (Å²) in [4.78, 5) is 0. The predicted molar refractivity (Wildman–Crippen MR) is 60.3 cm³/mol. The molecule has 0 aromatic carbocycles. The highest BCUT2D eigenvalue weighted by Gasteiger charge is 2.17. The normalized spacial score (nSPS) is 29.6. The molecule has 76 valence electrons. The van der Waals surface area contributed by atoms with Crippen molar-refractivity contribution in [3.63, 3.8) is 0 Å². The fourth-order valence-corrected chi connectivity index (χ4v) is 2.62. The number of alkyl halides is 1. The summed E-state index contributed by atoms with van der Waals surface area (Å²) >= 11 is 6.21. The monoisotopic (exact) mass is 200 g/mol. The summed E-state index contributed by atoms with van der Waals surface area (Å²) in [5.74, 6) is 0.893. The van der Waals surface area contributed by atoms with Crippen molar-refractivity contribution in [3.05, 3.63) is 12.7 Å². The summed E-state index contributed by atoms with van der Waals surface area (Å²) in [7, 11) is 0. The van der Waals surface area contributed by atoms with Gasteiger partial charge in [0.2, 0.25) is 0 Å². The summed E-state index contributed by atoms with van der Waals surface area (Å²) in [5.41, 5.74) is 0. The van der Waals surface area contributed by atoms with Gasteiger partial charge in [0.25, 0.3) is 0 Å². The molecule has 1 fully saturated rings. The molecular weight excluding hydrogens is 180 g/mol. The minimum atomic E-state index is 0.455. The average Bonchev–Trinajstić information content (AvgIpc) is 2.31. The first kappa shape index (κ1) is 11.1. The van der Waals surface area contributed by atoms with Crippen LogP contribution >= 0.6 is 11.6 Å². The van der Waals surface area contributed by atoms with Crippen molar-refractivity contribution in [3.8, 4) is 0 Å². The van der Waals surface area contributed by atoms with Crippen molar-refractivity contribution in [1.82, 2.24) is 0 Å². The SMILES string of the molecule is C=CCCCC1CCCCC(Cl)C1. The van der Waals surface area contributed by atoms with Crippen molar-refractivity contribution >= 4 is 11.6 Å². The summed E-state index contributed by atoms with van der Waals surface area (Å²) in [6.07, 6.45) is 12.5. The highest BCUT2D eigenvalue weighted by atomic mass is 35.5. The number of unbranched alkanes of at least 4 members (excludes halogenated alkanes) is 1. The number of allylic oxidation sites excluding steroid dienone is 1. The maximum Gasteiger partial charge on any atom is 0.0338 e.